The number of hydrogen-bond acceptors (Lipinski definition) is 3. The summed E-state index contributed by atoms with van der Waals surface area (Å²) in [7, 11) is 0. The zero-order valence-corrected chi connectivity index (χ0v) is 14.4. The maximum absolute atomic E-state index is 12.5. The molecule has 0 spiro atoms. The van der Waals surface area contributed by atoms with Gasteiger partial charge in [0.1, 0.15) is 0 Å². The molecule has 0 unspecified atom stereocenters. The van der Waals surface area contributed by atoms with Crippen molar-refractivity contribution in [2.75, 3.05) is 26.2 Å². The summed E-state index contributed by atoms with van der Waals surface area (Å²) < 4.78 is 5.52. The van der Waals surface area contributed by atoms with Crippen molar-refractivity contribution in [3.8, 4) is 0 Å². The highest BCUT2D eigenvalue weighted by atomic mass is 35.5. The average molecular weight is 351 g/mol. The summed E-state index contributed by atoms with van der Waals surface area (Å²) in [6.45, 7) is 2.56. The zero-order chi connectivity index (χ0) is 16.9. The molecule has 0 aromatic heterocycles. The lowest BCUT2D eigenvalue weighted by molar-refractivity contribution is -0.126. The van der Waals surface area contributed by atoms with E-state index >= 15 is 0 Å². The van der Waals surface area contributed by atoms with Gasteiger partial charge < -0.3 is 15.0 Å². The van der Waals surface area contributed by atoms with Crippen LogP contribution in [0.15, 0.2) is 24.3 Å². The summed E-state index contributed by atoms with van der Waals surface area (Å²) >= 11 is 6.10. The number of carbonyl (C=O) groups excluding carboxylic acids is 2. The molecule has 2 fully saturated rings. The van der Waals surface area contributed by atoms with Crippen molar-refractivity contribution >= 4 is 23.4 Å². The van der Waals surface area contributed by atoms with Crippen molar-refractivity contribution in [2.45, 2.75) is 31.8 Å². The van der Waals surface area contributed by atoms with E-state index in [-0.39, 0.29) is 23.8 Å². The molecule has 2 aliphatic heterocycles. The Morgan fingerprint density at radius 3 is 2.62 bits per heavy atom. The monoisotopic (exact) mass is 350 g/mol. The molecule has 6 heteroatoms. The van der Waals surface area contributed by atoms with Crippen LogP contribution in [0, 0.1) is 5.92 Å². The number of hydrogen-bond donors (Lipinski definition) is 1. The minimum Gasteiger partial charge on any atom is -0.376 e. The number of amides is 2. The highest BCUT2D eigenvalue weighted by Gasteiger charge is 2.29. The van der Waals surface area contributed by atoms with E-state index in [9.17, 15) is 9.59 Å². The summed E-state index contributed by atoms with van der Waals surface area (Å²) in [6.07, 6.45) is 3.63. The van der Waals surface area contributed by atoms with E-state index in [4.69, 9.17) is 16.3 Å². The Morgan fingerprint density at radius 2 is 1.96 bits per heavy atom. The minimum absolute atomic E-state index is 0.0262. The first-order valence-electron chi connectivity index (χ1n) is 8.58. The molecule has 1 aromatic rings. The molecular weight excluding hydrogens is 328 g/mol. The predicted octanol–water partition coefficient (Wildman–Crippen LogP) is 2.49. The lowest BCUT2D eigenvalue weighted by Crippen LogP contribution is -2.44. The zero-order valence-electron chi connectivity index (χ0n) is 13.7. The van der Waals surface area contributed by atoms with Gasteiger partial charge in [0.15, 0.2) is 0 Å². The average Bonchev–Trinajstić information content (AvgIpc) is 3.13. The second kappa shape index (κ2) is 7.99. The Balaban J connectivity index is 1.47. The standard InChI is InChI=1S/C18H23ClN2O3/c19-16-6-2-1-5-15(16)18(23)21-9-7-13(8-10-21)17(22)20-12-14-4-3-11-24-14/h1-2,5-6,13-14H,3-4,7-12H2,(H,20,22)/t14-/m1/s1. The number of piperidine rings is 1. The smallest absolute Gasteiger partial charge is 0.255 e. The molecule has 0 radical (unpaired) electrons. The van der Waals surface area contributed by atoms with Crippen molar-refractivity contribution in [1.29, 1.82) is 0 Å². The van der Waals surface area contributed by atoms with Crippen LogP contribution in [0.4, 0.5) is 0 Å². The third-order valence-corrected chi connectivity index (χ3v) is 5.11. The third kappa shape index (κ3) is 4.08. The number of likely N-dealkylation sites (tertiary alicyclic amines) is 1. The van der Waals surface area contributed by atoms with E-state index in [0.717, 1.165) is 19.4 Å². The summed E-state index contributed by atoms with van der Waals surface area (Å²) in [5.74, 6) is -0.00384. The molecule has 130 valence electrons. The normalized spacial score (nSPS) is 21.7. The van der Waals surface area contributed by atoms with Gasteiger partial charge in [-0.3, -0.25) is 9.59 Å². The Morgan fingerprint density at radius 1 is 1.21 bits per heavy atom. The fourth-order valence-electron chi connectivity index (χ4n) is 3.31. The lowest BCUT2D eigenvalue weighted by Gasteiger charge is -2.31. The maximum Gasteiger partial charge on any atom is 0.255 e. The van der Waals surface area contributed by atoms with Crippen molar-refractivity contribution in [2.24, 2.45) is 5.92 Å². The molecule has 5 nitrogen and oxygen atoms in total. The Kier molecular flexibility index (Phi) is 5.74. The number of benzene rings is 1. The Hall–Kier alpha value is -1.59. The molecule has 0 aliphatic carbocycles. The van der Waals surface area contributed by atoms with Crippen LogP contribution in [-0.4, -0.2) is 49.1 Å². The van der Waals surface area contributed by atoms with Crippen molar-refractivity contribution in [1.82, 2.24) is 10.2 Å². The van der Waals surface area contributed by atoms with E-state index in [1.807, 2.05) is 12.1 Å². The van der Waals surface area contributed by atoms with E-state index in [0.29, 0.717) is 43.1 Å². The van der Waals surface area contributed by atoms with Gasteiger partial charge in [-0.1, -0.05) is 23.7 Å². The fraction of sp³-hybridized carbons (Fsp3) is 0.556. The molecule has 2 aliphatic rings. The van der Waals surface area contributed by atoms with Crippen LogP contribution in [0.1, 0.15) is 36.0 Å². The number of halogens is 1. The molecular formula is C18H23ClN2O3. The SMILES string of the molecule is O=C(NC[C@H]1CCCO1)C1CCN(C(=O)c2ccccc2Cl)CC1. The first kappa shape index (κ1) is 17.2. The van der Waals surface area contributed by atoms with Gasteiger partial charge in [0.25, 0.3) is 5.91 Å². The van der Waals surface area contributed by atoms with E-state index in [2.05, 4.69) is 5.32 Å². The first-order valence-corrected chi connectivity index (χ1v) is 8.96. The van der Waals surface area contributed by atoms with Gasteiger partial charge in [-0.2, -0.15) is 0 Å². The Labute approximate surface area is 147 Å². The van der Waals surface area contributed by atoms with E-state index in [1.165, 1.54) is 0 Å². The topological polar surface area (TPSA) is 58.6 Å². The Bertz CT molecular complexity index is 594. The van der Waals surface area contributed by atoms with E-state index in [1.54, 1.807) is 17.0 Å². The van der Waals surface area contributed by atoms with Gasteiger partial charge >= 0.3 is 0 Å². The maximum atomic E-state index is 12.5. The highest BCUT2D eigenvalue weighted by molar-refractivity contribution is 6.33. The first-order chi connectivity index (χ1) is 11.6. The fourth-order valence-corrected chi connectivity index (χ4v) is 3.53. The number of ether oxygens (including phenoxy) is 1. The van der Waals surface area contributed by atoms with Gasteiger partial charge in [0.2, 0.25) is 5.91 Å². The van der Waals surface area contributed by atoms with Crippen molar-refractivity contribution in [3.63, 3.8) is 0 Å². The molecule has 0 bridgehead atoms. The third-order valence-electron chi connectivity index (χ3n) is 4.79. The van der Waals surface area contributed by atoms with Crippen molar-refractivity contribution < 1.29 is 14.3 Å². The van der Waals surface area contributed by atoms with Gasteiger partial charge in [-0.15, -0.1) is 0 Å². The van der Waals surface area contributed by atoms with Crippen LogP contribution in [0.2, 0.25) is 5.02 Å². The molecule has 24 heavy (non-hydrogen) atoms. The second-order valence-electron chi connectivity index (χ2n) is 6.43. The molecule has 2 amide bonds. The quantitative estimate of drug-likeness (QED) is 0.907. The number of nitrogens with one attached hydrogen (secondary N) is 1. The molecule has 1 N–H and O–H groups in total. The molecule has 3 rings (SSSR count). The molecule has 0 saturated carbocycles. The summed E-state index contributed by atoms with van der Waals surface area (Å²) in [6, 6.07) is 7.08. The molecule has 2 heterocycles. The summed E-state index contributed by atoms with van der Waals surface area (Å²) in [4.78, 5) is 26.6. The number of rotatable bonds is 4. The van der Waals surface area contributed by atoms with Gasteiger partial charge in [-0.25, -0.2) is 0 Å². The molecule has 2 saturated heterocycles. The van der Waals surface area contributed by atoms with E-state index < -0.39 is 0 Å². The predicted molar refractivity (Wildman–Crippen MR) is 92.1 cm³/mol. The van der Waals surface area contributed by atoms with Gasteiger partial charge in [0, 0.05) is 32.2 Å². The highest BCUT2D eigenvalue weighted by Crippen LogP contribution is 2.22. The van der Waals surface area contributed by atoms with Gasteiger partial charge in [-0.05, 0) is 37.8 Å². The van der Waals surface area contributed by atoms with Crippen LogP contribution in [-0.2, 0) is 9.53 Å². The minimum atomic E-state index is -0.0567. The lowest BCUT2D eigenvalue weighted by atomic mass is 9.95. The van der Waals surface area contributed by atoms with Crippen LogP contribution >= 0.6 is 11.6 Å². The number of nitrogens with zero attached hydrogens (tertiary/aromatic N) is 1. The molecule has 1 atom stereocenters. The van der Waals surface area contributed by atoms with Crippen molar-refractivity contribution in [3.05, 3.63) is 34.9 Å². The molecule has 1 aromatic carbocycles. The number of carbonyl (C=O) groups is 2. The van der Waals surface area contributed by atoms with Crippen LogP contribution < -0.4 is 5.32 Å². The van der Waals surface area contributed by atoms with Gasteiger partial charge in [0.05, 0.1) is 16.7 Å². The van der Waals surface area contributed by atoms with Crippen LogP contribution in [0.25, 0.3) is 0 Å². The summed E-state index contributed by atoms with van der Waals surface area (Å²) in [5.41, 5.74) is 0.528. The summed E-state index contributed by atoms with van der Waals surface area (Å²) in [5, 5.41) is 3.46. The van der Waals surface area contributed by atoms with Crippen LogP contribution in [0.5, 0.6) is 0 Å². The van der Waals surface area contributed by atoms with Crippen LogP contribution in [0.3, 0.4) is 0 Å². The second-order valence-corrected chi connectivity index (χ2v) is 6.83. The largest absolute Gasteiger partial charge is 0.376 e.